The van der Waals surface area contributed by atoms with Gasteiger partial charge in [0.25, 0.3) is 0 Å². The zero-order valence-corrected chi connectivity index (χ0v) is 9.54. The topological polar surface area (TPSA) is 56.7 Å². The van der Waals surface area contributed by atoms with E-state index in [0.29, 0.717) is 11.8 Å². The Labute approximate surface area is 92.0 Å². The van der Waals surface area contributed by atoms with Crippen LogP contribution in [0.5, 0.6) is 0 Å². The summed E-state index contributed by atoms with van der Waals surface area (Å²) in [4.78, 5) is 0. The highest BCUT2D eigenvalue weighted by Gasteiger charge is 2.13. The van der Waals surface area contributed by atoms with Crippen LogP contribution in [0.2, 0.25) is 5.28 Å². The molecule has 2 heterocycles. The summed E-state index contributed by atoms with van der Waals surface area (Å²) in [6.45, 7) is 6.23. The van der Waals surface area contributed by atoms with Crippen molar-refractivity contribution in [2.75, 3.05) is 0 Å². The van der Waals surface area contributed by atoms with Gasteiger partial charge in [-0.1, -0.05) is 5.16 Å². The zero-order valence-electron chi connectivity index (χ0n) is 8.78. The SMILES string of the molecule is Cc1noc(C)c1Cn1c(C)nnc1Cl. The van der Waals surface area contributed by atoms with E-state index < -0.39 is 0 Å². The lowest BCUT2D eigenvalue weighted by atomic mass is 10.2. The molecule has 0 fully saturated rings. The van der Waals surface area contributed by atoms with Crippen LogP contribution in [0.3, 0.4) is 0 Å². The molecule has 2 aromatic heterocycles. The predicted octanol–water partition coefficient (Wildman–Crippen LogP) is 1.89. The van der Waals surface area contributed by atoms with Gasteiger partial charge in [-0.3, -0.25) is 4.57 Å². The molecule has 80 valence electrons. The Morgan fingerprint density at radius 3 is 2.47 bits per heavy atom. The highest BCUT2D eigenvalue weighted by Crippen LogP contribution is 2.17. The summed E-state index contributed by atoms with van der Waals surface area (Å²) in [7, 11) is 0. The molecule has 0 aliphatic carbocycles. The Morgan fingerprint density at radius 2 is 2.00 bits per heavy atom. The molecule has 0 spiro atoms. The first-order valence-electron chi connectivity index (χ1n) is 4.56. The van der Waals surface area contributed by atoms with E-state index in [1.54, 1.807) is 0 Å². The van der Waals surface area contributed by atoms with Crippen LogP contribution in [0, 0.1) is 20.8 Å². The number of hydrogen-bond donors (Lipinski definition) is 0. The average molecular weight is 227 g/mol. The van der Waals surface area contributed by atoms with E-state index in [0.717, 1.165) is 22.8 Å². The van der Waals surface area contributed by atoms with Crippen LogP contribution in [0.4, 0.5) is 0 Å². The molecule has 0 radical (unpaired) electrons. The second-order valence-electron chi connectivity index (χ2n) is 3.41. The van der Waals surface area contributed by atoms with Crippen LogP contribution in [-0.4, -0.2) is 19.9 Å². The van der Waals surface area contributed by atoms with Crippen molar-refractivity contribution in [1.29, 1.82) is 0 Å². The van der Waals surface area contributed by atoms with Crippen molar-refractivity contribution >= 4 is 11.6 Å². The Bertz CT molecular complexity index is 405. The van der Waals surface area contributed by atoms with Crippen LogP contribution < -0.4 is 0 Å². The van der Waals surface area contributed by atoms with Crippen LogP contribution in [0.25, 0.3) is 0 Å². The summed E-state index contributed by atoms with van der Waals surface area (Å²) in [5, 5.41) is 11.9. The minimum absolute atomic E-state index is 0.382. The van der Waals surface area contributed by atoms with Crippen molar-refractivity contribution in [1.82, 2.24) is 19.9 Å². The minimum atomic E-state index is 0.382. The van der Waals surface area contributed by atoms with Gasteiger partial charge in [0.05, 0.1) is 12.2 Å². The van der Waals surface area contributed by atoms with Crippen molar-refractivity contribution < 1.29 is 4.52 Å². The monoisotopic (exact) mass is 226 g/mol. The molecule has 15 heavy (non-hydrogen) atoms. The zero-order chi connectivity index (χ0) is 11.0. The smallest absolute Gasteiger partial charge is 0.225 e. The first-order valence-corrected chi connectivity index (χ1v) is 4.94. The van der Waals surface area contributed by atoms with E-state index in [-0.39, 0.29) is 0 Å². The van der Waals surface area contributed by atoms with Crippen LogP contribution in [-0.2, 0) is 6.54 Å². The normalized spacial score (nSPS) is 10.9. The maximum Gasteiger partial charge on any atom is 0.225 e. The number of aromatic nitrogens is 4. The maximum atomic E-state index is 5.91. The second-order valence-corrected chi connectivity index (χ2v) is 3.74. The van der Waals surface area contributed by atoms with Gasteiger partial charge in [0.15, 0.2) is 0 Å². The van der Waals surface area contributed by atoms with Gasteiger partial charge in [-0.25, -0.2) is 0 Å². The molecule has 0 N–H and O–H groups in total. The van der Waals surface area contributed by atoms with E-state index in [1.807, 2.05) is 25.3 Å². The molecule has 0 saturated heterocycles. The van der Waals surface area contributed by atoms with Crippen molar-refractivity contribution in [2.24, 2.45) is 0 Å². The van der Waals surface area contributed by atoms with E-state index in [1.165, 1.54) is 0 Å². The molecular formula is C9H11ClN4O. The van der Waals surface area contributed by atoms with Crippen molar-refractivity contribution in [3.63, 3.8) is 0 Å². The quantitative estimate of drug-likeness (QED) is 0.785. The van der Waals surface area contributed by atoms with Gasteiger partial charge in [0, 0.05) is 5.56 Å². The van der Waals surface area contributed by atoms with Crippen LogP contribution >= 0.6 is 11.6 Å². The Kier molecular flexibility index (Phi) is 2.48. The van der Waals surface area contributed by atoms with E-state index in [9.17, 15) is 0 Å². The van der Waals surface area contributed by atoms with Crippen LogP contribution in [0.15, 0.2) is 4.52 Å². The molecule has 0 aromatic carbocycles. The lowest BCUT2D eigenvalue weighted by Gasteiger charge is -2.03. The number of rotatable bonds is 2. The summed E-state index contributed by atoms with van der Waals surface area (Å²) in [6.07, 6.45) is 0. The van der Waals surface area contributed by atoms with Gasteiger partial charge in [-0.15, -0.1) is 10.2 Å². The van der Waals surface area contributed by atoms with E-state index in [2.05, 4.69) is 15.4 Å². The molecule has 0 aliphatic heterocycles. The summed E-state index contributed by atoms with van der Waals surface area (Å²) >= 11 is 5.91. The highest BCUT2D eigenvalue weighted by molar-refractivity contribution is 6.28. The molecule has 2 aromatic rings. The fraction of sp³-hybridized carbons (Fsp3) is 0.444. The third-order valence-corrected chi connectivity index (χ3v) is 2.67. The molecule has 5 nitrogen and oxygen atoms in total. The van der Waals surface area contributed by atoms with Crippen molar-refractivity contribution in [3.8, 4) is 0 Å². The predicted molar refractivity (Wildman–Crippen MR) is 54.8 cm³/mol. The first kappa shape index (κ1) is 10.2. The fourth-order valence-electron chi connectivity index (χ4n) is 1.42. The Balaban J connectivity index is 2.37. The highest BCUT2D eigenvalue weighted by atomic mass is 35.5. The lowest BCUT2D eigenvalue weighted by Crippen LogP contribution is -2.03. The van der Waals surface area contributed by atoms with Crippen molar-refractivity contribution in [2.45, 2.75) is 27.3 Å². The van der Waals surface area contributed by atoms with E-state index in [4.69, 9.17) is 16.1 Å². The van der Waals surface area contributed by atoms with Gasteiger partial charge < -0.3 is 4.52 Å². The van der Waals surface area contributed by atoms with Gasteiger partial charge in [0.1, 0.15) is 11.6 Å². The third-order valence-electron chi connectivity index (χ3n) is 2.39. The number of halogens is 1. The second kappa shape index (κ2) is 3.66. The number of nitrogens with zero attached hydrogens (tertiary/aromatic N) is 4. The largest absolute Gasteiger partial charge is 0.361 e. The van der Waals surface area contributed by atoms with Gasteiger partial charge in [-0.2, -0.15) is 0 Å². The van der Waals surface area contributed by atoms with Crippen LogP contribution in [0.1, 0.15) is 22.8 Å². The number of aryl methyl sites for hydroxylation is 3. The molecule has 6 heteroatoms. The fourth-order valence-corrected chi connectivity index (χ4v) is 1.64. The lowest BCUT2D eigenvalue weighted by molar-refractivity contribution is 0.392. The molecule has 0 amide bonds. The standard InChI is InChI=1S/C9H11ClN4O/c1-5-8(6(2)15-13-5)4-14-7(3)11-12-9(14)10/h4H2,1-3H3. The molecule has 0 unspecified atom stereocenters. The maximum absolute atomic E-state index is 5.91. The first-order chi connectivity index (χ1) is 7.09. The summed E-state index contributed by atoms with van der Waals surface area (Å²) in [5.74, 6) is 1.58. The molecule has 0 atom stereocenters. The van der Waals surface area contributed by atoms with Gasteiger partial charge in [-0.05, 0) is 32.4 Å². The molecule has 2 rings (SSSR count). The molecule has 0 saturated carbocycles. The Morgan fingerprint density at radius 1 is 1.27 bits per heavy atom. The average Bonchev–Trinajstić information content (AvgIpc) is 2.67. The third kappa shape index (κ3) is 1.74. The molecular weight excluding hydrogens is 216 g/mol. The van der Waals surface area contributed by atoms with Gasteiger partial charge >= 0.3 is 0 Å². The van der Waals surface area contributed by atoms with Crippen molar-refractivity contribution in [3.05, 3.63) is 28.1 Å². The Hall–Kier alpha value is -1.36. The summed E-state index contributed by atoms with van der Waals surface area (Å²) in [6, 6.07) is 0. The summed E-state index contributed by atoms with van der Waals surface area (Å²) < 4.78 is 6.89. The molecule has 0 aliphatic rings. The summed E-state index contributed by atoms with van der Waals surface area (Å²) in [5.41, 5.74) is 1.90. The minimum Gasteiger partial charge on any atom is -0.361 e. The molecule has 0 bridgehead atoms. The van der Waals surface area contributed by atoms with Gasteiger partial charge in [0.2, 0.25) is 5.28 Å². The number of hydrogen-bond acceptors (Lipinski definition) is 4. The van der Waals surface area contributed by atoms with E-state index >= 15 is 0 Å².